The average Bonchev–Trinajstić information content (AvgIpc) is 3.40. The molecule has 1 aromatic carbocycles. The van der Waals surface area contributed by atoms with Gasteiger partial charge in [-0.05, 0) is 48.9 Å². The molecular formula is C20H21FN6O. The van der Waals surface area contributed by atoms with Gasteiger partial charge >= 0.3 is 0 Å². The standard InChI is InChI=1S/C20H21FN6O/c21-14-3-5-15(6-4-14)24-12-19(28)25-16-8-11-27(13-16)20-23-10-7-18(26-20)17-2-1-9-22-17/h1-7,9-10,16,22,24H,8,11-13H2,(H,25,28). The van der Waals surface area contributed by atoms with Gasteiger partial charge < -0.3 is 20.5 Å². The van der Waals surface area contributed by atoms with E-state index in [2.05, 4.69) is 30.5 Å². The molecule has 3 heterocycles. The van der Waals surface area contributed by atoms with Gasteiger partial charge in [-0.15, -0.1) is 0 Å². The van der Waals surface area contributed by atoms with E-state index >= 15 is 0 Å². The van der Waals surface area contributed by atoms with Crippen molar-refractivity contribution in [3.63, 3.8) is 0 Å². The molecule has 0 spiro atoms. The number of halogens is 1. The fourth-order valence-corrected chi connectivity index (χ4v) is 3.23. The van der Waals surface area contributed by atoms with Crippen molar-refractivity contribution in [3.05, 3.63) is 60.7 Å². The number of hydrogen-bond donors (Lipinski definition) is 3. The van der Waals surface area contributed by atoms with Gasteiger partial charge in [0.25, 0.3) is 0 Å². The number of aromatic amines is 1. The Kier molecular flexibility index (Phi) is 5.18. The van der Waals surface area contributed by atoms with Crippen LogP contribution in [-0.4, -0.2) is 46.5 Å². The number of carbonyl (C=O) groups excluding carboxylic acids is 1. The van der Waals surface area contributed by atoms with Crippen molar-refractivity contribution < 1.29 is 9.18 Å². The molecule has 1 aliphatic rings. The fourth-order valence-electron chi connectivity index (χ4n) is 3.23. The van der Waals surface area contributed by atoms with E-state index in [1.807, 2.05) is 24.4 Å². The Bertz CT molecular complexity index is 928. The predicted octanol–water partition coefficient (Wildman–Crippen LogP) is 2.42. The van der Waals surface area contributed by atoms with Crippen molar-refractivity contribution >= 4 is 17.5 Å². The van der Waals surface area contributed by atoms with Crippen molar-refractivity contribution in [3.8, 4) is 11.4 Å². The van der Waals surface area contributed by atoms with Gasteiger partial charge in [-0.3, -0.25) is 4.79 Å². The Morgan fingerprint density at radius 1 is 1.25 bits per heavy atom. The van der Waals surface area contributed by atoms with Gasteiger partial charge in [0.15, 0.2) is 0 Å². The first-order valence-electron chi connectivity index (χ1n) is 9.18. The van der Waals surface area contributed by atoms with Crippen LogP contribution in [0, 0.1) is 5.82 Å². The molecule has 1 saturated heterocycles. The maximum absolute atomic E-state index is 12.9. The lowest BCUT2D eigenvalue weighted by Gasteiger charge is -2.17. The summed E-state index contributed by atoms with van der Waals surface area (Å²) in [5.41, 5.74) is 2.49. The van der Waals surface area contributed by atoms with Crippen molar-refractivity contribution in [1.29, 1.82) is 0 Å². The normalized spacial score (nSPS) is 16.2. The van der Waals surface area contributed by atoms with Crippen LogP contribution in [0.25, 0.3) is 11.4 Å². The molecule has 7 nitrogen and oxygen atoms in total. The smallest absolute Gasteiger partial charge is 0.239 e. The van der Waals surface area contributed by atoms with Crippen LogP contribution in [0.5, 0.6) is 0 Å². The van der Waals surface area contributed by atoms with Crippen molar-refractivity contribution in [2.75, 3.05) is 29.9 Å². The summed E-state index contributed by atoms with van der Waals surface area (Å²) in [6, 6.07) is 11.7. The van der Waals surface area contributed by atoms with E-state index in [0.29, 0.717) is 18.2 Å². The summed E-state index contributed by atoms with van der Waals surface area (Å²) in [5.74, 6) is 0.258. The van der Waals surface area contributed by atoms with Crippen LogP contribution in [0.2, 0.25) is 0 Å². The summed E-state index contributed by atoms with van der Waals surface area (Å²) in [7, 11) is 0. The van der Waals surface area contributed by atoms with Gasteiger partial charge in [0.1, 0.15) is 5.82 Å². The number of benzene rings is 1. The first-order chi connectivity index (χ1) is 13.7. The van der Waals surface area contributed by atoms with Gasteiger partial charge in [0.05, 0.1) is 17.9 Å². The number of H-pyrrole nitrogens is 1. The summed E-state index contributed by atoms with van der Waals surface area (Å²) in [6.45, 7) is 1.59. The lowest BCUT2D eigenvalue weighted by Crippen LogP contribution is -2.40. The minimum absolute atomic E-state index is 0.0419. The molecule has 0 bridgehead atoms. The van der Waals surface area contributed by atoms with Crippen LogP contribution < -0.4 is 15.5 Å². The van der Waals surface area contributed by atoms with E-state index in [-0.39, 0.29) is 24.3 Å². The molecule has 1 aliphatic heterocycles. The van der Waals surface area contributed by atoms with Crippen molar-refractivity contribution in [2.24, 2.45) is 0 Å². The van der Waals surface area contributed by atoms with Gasteiger partial charge in [-0.2, -0.15) is 0 Å². The summed E-state index contributed by atoms with van der Waals surface area (Å²) in [4.78, 5) is 26.4. The second-order valence-electron chi connectivity index (χ2n) is 6.69. The predicted molar refractivity (Wildman–Crippen MR) is 105 cm³/mol. The van der Waals surface area contributed by atoms with Crippen LogP contribution in [0.15, 0.2) is 54.9 Å². The van der Waals surface area contributed by atoms with Gasteiger partial charge in [-0.1, -0.05) is 0 Å². The van der Waals surface area contributed by atoms with Gasteiger partial charge in [0, 0.05) is 37.2 Å². The Balaban J connectivity index is 1.30. The third-order valence-corrected chi connectivity index (χ3v) is 4.65. The zero-order chi connectivity index (χ0) is 19.3. The third kappa shape index (κ3) is 4.28. The summed E-state index contributed by atoms with van der Waals surface area (Å²) in [5, 5.41) is 6.01. The van der Waals surface area contributed by atoms with Crippen LogP contribution in [0.4, 0.5) is 16.0 Å². The molecule has 0 saturated carbocycles. The molecule has 1 atom stereocenters. The molecule has 8 heteroatoms. The summed E-state index contributed by atoms with van der Waals surface area (Å²) >= 11 is 0. The van der Waals surface area contributed by atoms with E-state index in [4.69, 9.17) is 0 Å². The second-order valence-corrected chi connectivity index (χ2v) is 6.69. The topological polar surface area (TPSA) is 85.9 Å². The second kappa shape index (κ2) is 8.08. The van der Waals surface area contributed by atoms with E-state index < -0.39 is 0 Å². The molecule has 0 radical (unpaired) electrons. The number of anilines is 2. The summed E-state index contributed by atoms with van der Waals surface area (Å²) in [6.07, 6.45) is 4.44. The molecule has 2 aromatic heterocycles. The number of rotatable bonds is 6. The largest absolute Gasteiger partial charge is 0.376 e. The molecule has 0 aliphatic carbocycles. The van der Waals surface area contributed by atoms with E-state index in [9.17, 15) is 9.18 Å². The minimum Gasteiger partial charge on any atom is -0.376 e. The molecule has 1 unspecified atom stereocenters. The Morgan fingerprint density at radius 3 is 2.89 bits per heavy atom. The summed E-state index contributed by atoms with van der Waals surface area (Å²) < 4.78 is 12.9. The monoisotopic (exact) mass is 380 g/mol. The Hall–Kier alpha value is -3.42. The van der Waals surface area contributed by atoms with E-state index in [0.717, 1.165) is 24.4 Å². The highest BCUT2D eigenvalue weighted by Crippen LogP contribution is 2.20. The fraction of sp³-hybridized carbons (Fsp3) is 0.250. The molecule has 3 N–H and O–H groups in total. The third-order valence-electron chi connectivity index (χ3n) is 4.65. The van der Waals surface area contributed by atoms with Crippen molar-refractivity contribution in [2.45, 2.75) is 12.5 Å². The zero-order valence-electron chi connectivity index (χ0n) is 15.2. The number of hydrogen-bond acceptors (Lipinski definition) is 5. The Labute approximate surface area is 162 Å². The quantitative estimate of drug-likeness (QED) is 0.612. The average molecular weight is 380 g/mol. The van der Waals surface area contributed by atoms with Crippen molar-refractivity contribution in [1.82, 2.24) is 20.3 Å². The Morgan fingerprint density at radius 2 is 2.11 bits per heavy atom. The highest BCUT2D eigenvalue weighted by Gasteiger charge is 2.25. The van der Waals surface area contributed by atoms with Crippen LogP contribution >= 0.6 is 0 Å². The number of nitrogens with zero attached hydrogens (tertiary/aromatic N) is 3. The number of amides is 1. The first-order valence-corrected chi connectivity index (χ1v) is 9.18. The SMILES string of the molecule is O=C(CNc1ccc(F)cc1)NC1CCN(c2nccc(-c3ccc[nH]3)n2)C1. The molecule has 3 aromatic rings. The van der Waals surface area contributed by atoms with Crippen LogP contribution in [0.3, 0.4) is 0 Å². The van der Waals surface area contributed by atoms with Gasteiger partial charge in [-0.25, -0.2) is 14.4 Å². The molecule has 28 heavy (non-hydrogen) atoms. The highest BCUT2D eigenvalue weighted by atomic mass is 19.1. The van der Waals surface area contributed by atoms with E-state index in [1.54, 1.807) is 18.3 Å². The highest BCUT2D eigenvalue weighted by molar-refractivity contribution is 5.81. The molecule has 1 amide bonds. The molecular weight excluding hydrogens is 359 g/mol. The van der Waals surface area contributed by atoms with E-state index in [1.165, 1.54) is 12.1 Å². The maximum Gasteiger partial charge on any atom is 0.239 e. The number of carbonyl (C=O) groups is 1. The van der Waals surface area contributed by atoms with Crippen LogP contribution in [0.1, 0.15) is 6.42 Å². The lowest BCUT2D eigenvalue weighted by atomic mass is 10.2. The van der Waals surface area contributed by atoms with Crippen LogP contribution in [-0.2, 0) is 4.79 Å². The molecule has 144 valence electrons. The minimum atomic E-state index is -0.302. The molecule has 4 rings (SSSR count). The lowest BCUT2D eigenvalue weighted by molar-refractivity contribution is -0.119. The number of nitrogens with one attached hydrogen (secondary N) is 3. The zero-order valence-corrected chi connectivity index (χ0v) is 15.2. The van der Waals surface area contributed by atoms with Gasteiger partial charge in [0.2, 0.25) is 11.9 Å². The number of aromatic nitrogens is 3. The first kappa shape index (κ1) is 18.0. The maximum atomic E-state index is 12.9. The molecule has 1 fully saturated rings.